The van der Waals surface area contributed by atoms with Crippen LogP contribution in [0.1, 0.15) is 26.4 Å². The van der Waals surface area contributed by atoms with E-state index in [9.17, 15) is 9.59 Å². The van der Waals surface area contributed by atoms with Gasteiger partial charge >= 0.3 is 11.9 Å². The topological polar surface area (TPSA) is 89.3 Å². The number of pyridine rings is 1. The number of carbonyl (C=O) groups is 2. The van der Waals surface area contributed by atoms with Crippen LogP contribution in [0.5, 0.6) is 0 Å². The lowest BCUT2D eigenvalue weighted by atomic mass is 10.1. The molecule has 1 aromatic rings. The summed E-state index contributed by atoms with van der Waals surface area (Å²) in [6, 6.07) is 3.18. The van der Waals surface area contributed by atoms with Crippen molar-refractivity contribution in [2.75, 3.05) is 14.2 Å². The first-order chi connectivity index (χ1) is 8.13. The van der Waals surface area contributed by atoms with Crippen LogP contribution in [-0.2, 0) is 15.9 Å². The molecule has 0 radical (unpaired) electrons. The molecule has 0 aromatic carbocycles. The predicted molar refractivity (Wildman–Crippen MR) is 56.2 cm³/mol. The summed E-state index contributed by atoms with van der Waals surface area (Å²) in [5, 5.41) is 8.59. The molecule has 0 spiro atoms. The molecule has 1 aromatic heterocycles. The van der Waals surface area contributed by atoms with Crippen LogP contribution in [0.3, 0.4) is 0 Å². The van der Waals surface area contributed by atoms with Crippen LogP contribution < -0.4 is 0 Å². The molecule has 0 N–H and O–H groups in total. The first-order valence-electron chi connectivity index (χ1n) is 4.66. The van der Waals surface area contributed by atoms with Gasteiger partial charge in [-0.05, 0) is 6.07 Å². The summed E-state index contributed by atoms with van der Waals surface area (Å²) in [6.45, 7) is 0. The van der Waals surface area contributed by atoms with E-state index in [-0.39, 0.29) is 23.2 Å². The van der Waals surface area contributed by atoms with Crippen molar-refractivity contribution in [1.29, 1.82) is 5.26 Å². The number of aromatic nitrogens is 1. The molecule has 0 atom stereocenters. The Hall–Kier alpha value is -2.42. The average molecular weight is 234 g/mol. The third kappa shape index (κ3) is 2.78. The number of hydrogen-bond acceptors (Lipinski definition) is 6. The fraction of sp³-hybridized carbons (Fsp3) is 0.273. The van der Waals surface area contributed by atoms with E-state index in [1.54, 1.807) is 0 Å². The maximum atomic E-state index is 11.4. The van der Waals surface area contributed by atoms with Crippen LogP contribution in [0.4, 0.5) is 0 Å². The highest BCUT2D eigenvalue weighted by atomic mass is 16.5. The van der Waals surface area contributed by atoms with Crippen molar-refractivity contribution in [2.45, 2.75) is 6.42 Å². The molecule has 88 valence electrons. The lowest BCUT2D eigenvalue weighted by molar-refractivity contribution is 0.0597. The summed E-state index contributed by atoms with van der Waals surface area (Å²) in [7, 11) is 2.44. The van der Waals surface area contributed by atoms with Gasteiger partial charge in [0.15, 0.2) is 0 Å². The van der Waals surface area contributed by atoms with Gasteiger partial charge in [-0.25, -0.2) is 9.59 Å². The lowest BCUT2D eigenvalue weighted by Gasteiger charge is -2.06. The van der Waals surface area contributed by atoms with Crippen LogP contribution in [0.25, 0.3) is 0 Å². The Kier molecular flexibility index (Phi) is 4.17. The fourth-order valence-electron chi connectivity index (χ4n) is 1.23. The highest BCUT2D eigenvalue weighted by Gasteiger charge is 2.16. The Morgan fingerprint density at radius 3 is 2.53 bits per heavy atom. The van der Waals surface area contributed by atoms with Gasteiger partial charge in [-0.3, -0.25) is 4.98 Å². The monoisotopic (exact) mass is 234 g/mol. The Bertz CT molecular complexity index is 491. The minimum atomic E-state index is -0.645. The van der Waals surface area contributed by atoms with Crippen molar-refractivity contribution < 1.29 is 19.1 Å². The molecular weight excluding hydrogens is 224 g/mol. The highest BCUT2D eigenvalue weighted by molar-refractivity contribution is 5.95. The zero-order chi connectivity index (χ0) is 12.8. The molecule has 1 heterocycles. The van der Waals surface area contributed by atoms with Crippen molar-refractivity contribution >= 4 is 11.9 Å². The Labute approximate surface area is 97.8 Å². The van der Waals surface area contributed by atoms with E-state index >= 15 is 0 Å². The largest absolute Gasteiger partial charge is 0.465 e. The molecule has 0 bridgehead atoms. The summed E-state index contributed by atoms with van der Waals surface area (Å²) in [5.41, 5.74) is 0.499. The van der Waals surface area contributed by atoms with Crippen LogP contribution in [0, 0.1) is 11.3 Å². The van der Waals surface area contributed by atoms with Crippen molar-refractivity contribution in [2.24, 2.45) is 0 Å². The minimum Gasteiger partial charge on any atom is -0.465 e. The van der Waals surface area contributed by atoms with Gasteiger partial charge in [-0.15, -0.1) is 0 Å². The lowest BCUT2D eigenvalue weighted by Crippen LogP contribution is -2.11. The number of hydrogen-bond donors (Lipinski definition) is 0. The second kappa shape index (κ2) is 5.61. The van der Waals surface area contributed by atoms with Crippen LogP contribution in [0.2, 0.25) is 0 Å². The van der Waals surface area contributed by atoms with Gasteiger partial charge in [0.1, 0.15) is 0 Å². The van der Waals surface area contributed by atoms with E-state index in [0.29, 0.717) is 0 Å². The summed E-state index contributed by atoms with van der Waals surface area (Å²) >= 11 is 0. The van der Waals surface area contributed by atoms with Gasteiger partial charge in [0.2, 0.25) is 0 Å². The number of nitriles is 1. The average Bonchev–Trinajstić information content (AvgIpc) is 2.37. The van der Waals surface area contributed by atoms with Gasteiger partial charge in [-0.2, -0.15) is 5.26 Å². The molecule has 6 nitrogen and oxygen atoms in total. The van der Waals surface area contributed by atoms with Gasteiger partial charge in [0.25, 0.3) is 0 Å². The molecule has 0 aliphatic carbocycles. The first-order valence-corrected chi connectivity index (χ1v) is 4.66. The van der Waals surface area contributed by atoms with Crippen molar-refractivity contribution in [1.82, 2.24) is 4.98 Å². The van der Waals surface area contributed by atoms with E-state index in [0.717, 1.165) is 0 Å². The van der Waals surface area contributed by atoms with Gasteiger partial charge in [0.05, 0.1) is 43.5 Å². The molecule has 0 aliphatic heterocycles. The fourth-order valence-corrected chi connectivity index (χ4v) is 1.23. The number of ether oxygens (including phenoxy) is 2. The SMILES string of the molecule is COC(=O)c1cnc(CC#N)c(C(=O)OC)c1. The highest BCUT2D eigenvalue weighted by Crippen LogP contribution is 2.12. The third-order valence-electron chi connectivity index (χ3n) is 2.04. The second-order valence-electron chi connectivity index (χ2n) is 3.04. The molecule has 0 unspecified atom stereocenters. The number of nitrogens with zero attached hydrogens (tertiary/aromatic N) is 2. The summed E-state index contributed by atoms with van der Waals surface area (Å²) in [6.07, 6.45) is 1.22. The number of rotatable bonds is 3. The van der Waals surface area contributed by atoms with E-state index in [1.165, 1.54) is 26.5 Å². The summed E-state index contributed by atoms with van der Waals surface area (Å²) in [5.74, 6) is -1.25. The Morgan fingerprint density at radius 2 is 2.00 bits per heavy atom. The molecule has 0 fully saturated rings. The summed E-state index contributed by atoms with van der Waals surface area (Å²) in [4.78, 5) is 26.6. The zero-order valence-electron chi connectivity index (χ0n) is 9.39. The molecular formula is C11H10N2O4. The molecule has 17 heavy (non-hydrogen) atoms. The van der Waals surface area contributed by atoms with Gasteiger partial charge in [0, 0.05) is 6.20 Å². The van der Waals surface area contributed by atoms with Gasteiger partial charge in [-0.1, -0.05) is 0 Å². The zero-order valence-corrected chi connectivity index (χ0v) is 9.39. The minimum absolute atomic E-state index is 0.0358. The summed E-state index contributed by atoms with van der Waals surface area (Å²) < 4.78 is 9.06. The maximum Gasteiger partial charge on any atom is 0.339 e. The van der Waals surface area contributed by atoms with Crippen LogP contribution in [0.15, 0.2) is 12.3 Å². The van der Waals surface area contributed by atoms with Crippen molar-refractivity contribution in [3.8, 4) is 6.07 Å². The maximum absolute atomic E-state index is 11.4. The predicted octanol–water partition coefficient (Wildman–Crippen LogP) is 0.721. The third-order valence-corrected chi connectivity index (χ3v) is 2.04. The van der Waals surface area contributed by atoms with E-state index in [1.807, 2.05) is 6.07 Å². The molecule has 0 aliphatic rings. The molecule has 0 amide bonds. The van der Waals surface area contributed by atoms with Crippen LogP contribution >= 0.6 is 0 Å². The second-order valence-corrected chi connectivity index (χ2v) is 3.04. The molecule has 0 saturated heterocycles. The molecule has 1 rings (SSSR count). The standard InChI is InChI=1S/C11H10N2O4/c1-16-10(14)7-5-8(11(15)17-2)9(3-4-12)13-6-7/h5-6H,3H2,1-2H3. The van der Waals surface area contributed by atoms with E-state index in [2.05, 4.69) is 14.5 Å². The normalized spacial score (nSPS) is 9.24. The van der Waals surface area contributed by atoms with Crippen LogP contribution in [-0.4, -0.2) is 31.1 Å². The first kappa shape index (κ1) is 12.6. The van der Waals surface area contributed by atoms with Gasteiger partial charge < -0.3 is 9.47 Å². The Balaban J connectivity index is 3.24. The van der Waals surface area contributed by atoms with E-state index < -0.39 is 11.9 Å². The quantitative estimate of drug-likeness (QED) is 0.716. The number of methoxy groups -OCH3 is 2. The Morgan fingerprint density at radius 1 is 1.35 bits per heavy atom. The molecule has 0 saturated carbocycles. The van der Waals surface area contributed by atoms with E-state index in [4.69, 9.17) is 5.26 Å². The van der Waals surface area contributed by atoms with Crippen molar-refractivity contribution in [3.05, 3.63) is 29.1 Å². The number of esters is 2. The smallest absolute Gasteiger partial charge is 0.339 e. The van der Waals surface area contributed by atoms with Crippen molar-refractivity contribution in [3.63, 3.8) is 0 Å². The molecule has 6 heteroatoms. The number of carbonyl (C=O) groups excluding carboxylic acids is 2.